The lowest BCUT2D eigenvalue weighted by Crippen LogP contribution is -2.22. The SMILES string of the molecule is C=CCn1c(SCC(=O)c2ccc(O)c(O)c2)nc2ccsc2c1=O. The van der Waals surface area contributed by atoms with E-state index in [1.165, 1.54) is 34.1 Å². The minimum absolute atomic E-state index is 0.0451. The molecule has 1 aromatic carbocycles. The van der Waals surface area contributed by atoms with Gasteiger partial charge in [-0.2, -0.15) is 0 Å². The molecule has 0 saturated heterocycles. The Morgan fingerprint density at radius 1 is 1.32 bits per heavy atom. The molecular weight excluding hydrogens is 360 g/mol. The normalized spacial score (nSPS) is 10.9. The Hall–Kier alpha value is -2.58. The number of aromatic hydroxyl groups is 2. The third kappa shape index (κ3) is 3.45. The first kappa shape index (κ1) is 17.2. The Morgan fingerprint density at radius 2 is 2.12 bits per heavy atom. The van der Waals surface area contributed by atoms with E-state index in [0.29, 0.717) is 21.9 Å². The molecule has 2 heterocycles. The number of phenolic OH excluding ortho intramolecular Hbond substituents is 2. The average Bonchev–Trinajstić information content (AvgIpc) is 3.07. The molecule has 0 bridgehead atoms. The summed E-state index contributed by atoms with van der Waals surface area (Å²) in [4.78, 5) is 29.3. The van der Waals surface area contributed by atoms with Crippen molar-refractivity contribution in [3.63, 3.8) is 0 Å². The molecule has 2 N–H and O–H groups in total. The lowest BCUT2D eigenvalue weighted by atomic mass is 10.1. The van der Waals surface area contributed by atoms with Gasteiger partial charge in [-0.15, -0.1) is 17.9 Å². The Bertz CT molecular complexity index is 1020. The highest BCUT2D eigenvalue weighted by Gasteiger charge is 2.15. The molecule has 0 aliphatic rings. The van der Waals surface area contributed by atoms with E-state index in [1.54, 1.807) is 17.5 Å². The standard InChI is InChI=1S/C17H14N2O4S2/c1-2-6-19-16(23)15-11(5-7-24-15)18-17(19)25-9-14(22)10-3-4-12(20)13(21)8-10/h2-5,7-8,20-21H,1,6,9H2. The van der Waals surface area contributed by atoms with E-state index in [0.717, 1.165) is 11.8 Å². The molecule has 0 spiro atoms. The number of nitrogens with zero attached hydrogens (tertiary/aromatic N) is 2. The summed E-state index contributed by atoms with van der Waals surface area (Å²) in [5, 5.41) is 21.1. The molecule has 0 fully saturated rings. The van der Waals surface area contributed by atoms with Crippen LogP contribution in [-0.4, -0.2) is 31.3 Å². The molecule has 0 aliphatic carbocycles. The average molecular weight is 374 g/mol. The number of ketones is 1. The summed E-state index contributed by atoms with van der Waals surface area (Å²) in [6.07, 6.45) is 1.60. The molecule has 2 aromatic heterocycles. The van der Waals surface area contributed by atoms with E-state index in [1.807, 2.05) is 0 Å². The minimum Gasteiger partial charge on any atom is -0.504 e. The second kappa shape index (κ2) is 7.12. The minimum atomic E-state index is -0.350. The number of phenols is 2. The quantitative estimate of drug-likeness (QED) is 0.227. The lowest BCUT2D eigenvalue weighted by Gasteiger charge is -2.09. The fourth-order valence-electron chi connectivity index (χ4n) is 2.23. The van der Waals surface area contributed by atoms with Gasteiger partial charge in [-0.25, -0.2) is 4.98 Å². The van der Waals surface area contributed by atoms with Crippen LogP contribution in [0, 0.1) is 0 Å². The summed E-state index contributed by atoms with van der Waals surface area (Å²) < 4.78 is 2.05. The van der Waals surface area contributed by atoms with E-state index in [-0.39, 0.29) is 34.2 Å². The van der Waals surface area contributed by atoms with Crippen LogP contribution in [0.15, 0.2) is 52.3 Å². The topological polar surface area (TPSA) is 92.4 Å². The van der Waals surface area contributed by atoms with Gasteiger partial charge in [0.25, 0.3) is 5.56 Å². The highest BCUT2D eigenvalue weighted by molar-refractivity contribution is 7.99. The number of thiophene rings is 1. The highest BCUT2D eigenvalue weighted by atomic mass is 32.2. The smallest absolute Gasteiger partial charge is 0.272 e. The predicted octanol–water partition coefficient (Wildman–Crippen LogP) is 3.03. The van der Waals surface area contributed by atoms with Crippen LogP contribution in [0.3, 0.4) is 0 Å². The third-order valence-corrected chi connectivity index (χ3v) is 5.34. The van der Waals surface area contributed by atoms with Crippen molar-refractivity contribution in [2.24, 2.45) is 0 Å². The summed E-state index contributed by atoms with van der Waals surface area (Å²) in [7, 11) is 0. The number of hydrogen-bond donors (Lipinski definition) is 2. The monoisotopic (exact) mass is 374 g/mol. The summed E-state index contributed by atoms with van der Waals surface area (Å²) in [6.45, 7) is 3.96. The number of carbonyl (C=O) groups excluding carboxylic acids is 1. The van der Waals surface area contributed by atoms with Gasteiger partial charge < -0.3 is 10.2 Å². The molecular formula is C17H14N2O4S2. The van der Waals surface area contributed by atoms with Gasteiger partial charge in [0.1, 0.15) is 4.70 Å². The van der Waals surface area contributed by atoms with Gasteiger partial charge in [0.05, 0.1) is 11.3 Å². The molecule has 0 saturated carbocycles. The third-order valence-electron chi connectivity index (χ3n) is 3.47. The number of benzene rings is 1. The number of fused-ring (bicyclic) bond motifs is 1. The van der Waals surface area contributed by atoms with Gasteiger partial charge in [-0.05, 0) is 29.6 Å². The molecule has 0 unspecified atom stereocenters. The molecule has 25 heavy (non-hydrogen) atoms. The van der Waals surface area contributed by atoms with Crippen LogP contribution >= 0.6 is 23.1 Å². The van der Waals surface area contributed by atoms with Crippen LogP contribution in [0.2, 0.25) is 0 Å². The van der Waals surface area contributed by atoms with Gasteiger partial charge >= 0.3 is 0 Å². The molecule has 3 rings (SSSR count). The van der Waals surface area contributed by atoms with Crippen molar-refractivity contribution in [1.82, 2.24) is 9.55 Å². The first-order chi connectivity index (χ1) is 12.0. The maximum Gasteiger partial charge on any atom is 0.272 e. The Balaban J connectivity index is 1.88. The van der Waals surface area contributed by atoms with Crippen molar-refractivity contribution < 1.29 is 15.0 Å². The fourth-order valence-corrected chi connectivity index (χ4v) is 3.92. The summed E-state index contributed by atoms with van der Waals surface area (Å²) in [5.74, 6) is -0.834. The van der Waals surface area contributed by atoms with Gasteiger partial charge in [-0.1, -0.05) is 17.8 Å². The van der Waals surface area contributed by atoms with E-state index in [9.17, 15) is 19.8 Å². The molecule has 8 heteroatoms. The zero-order valence-electron chi connectivity index (χ0n) is 13.0. The van der Waals surface area contributed by atoms with Gasteiger partial charge in [-0.3, -0.25) is 14.2 Å². The van der Waals surface area contributed by atoms with Crippen molar-refractivity contribution >= 4 is 39.1 Å². The number of rotatable bonds is 6. The predicted molar refractivity (Wildman–Crippen MR) is 98.9 cm³/mol. The van der Waals surface area contributed by atoms with Crippen LogP contribution in [0.5, 0.6) is 11.5 Å². The van der Waals surface area contributed by atoms with Crippen molar-refractivity contribution in [3.8, 4) is 11.5 Å². The summed E-state index contributed by atoms with van der Waals surface area (Å²) in [6, 6.07) is 5.68. The van der Waals surface area contributed by atoms with Gasteiger partial charge in [0.2, 0.25) is 0 Å². The molecule has 6 nitrogen and oxygen atoms in total. The van der Waals surface area contributed by atoms with E-state index in [4.69, 9.17) is 0 Å². The molecule has 3 aromatic rings. The molecule has 0 radical (unpaired) electrons. The molecule has 128 valence electrons. The highest BCUT2D eigenvalue weighted by Crippen LogP contribution is 2.26. The van der Waals surface area contributed by atoms with Crippen molar-refractivity contribution in [1.29, 1.82) is 0 Å². The first-order valence-electron chi connectivity index (χ1n) is 7.28. The summed E-state index contributed by atoms with van der Waals surface area (Å²) >= 11 is 2.48. The van der Waals surface area contributed by atoms with Crippen LogP contribution in [0.25, 0.3) is 10.2 Å². The lowest BCUT2D eigenvalue weighted by molar-refractivity contribution is 0.102. The maximum absolute atomic E-state index is 12.5. The Morgan fingerprint density at radius 3 is 2.84 bits per heavy atom. The zero-order chi connectivity index (χ0) is 18.0. The number of aromatic nitrogens is 2. The van der Waals surface area contributed by atoms with Crippen LogP contribution in [-0.2, 0) is 6.54 Å². The summed E-state index contributed by atoms with van der Waals surface area (Å²) in [5.41, 5.74) is 0.724. The second-order valence-corrected chi connectivity index (χ2v) is 7.01. The first-order valence-corrected chi connectivity index (χ1v) is 9.14. The van der Waals surface area contributed by atoms with Gasteiger partial charge in [0.15, 0.2) is 22.4 Å². The van der Waals surface area contributed by atoms with Gasteiger partial charge in [0, 0.05) is 12.1 Å². The number of hydrogen-bond acceptors (Lipinski definition) is 7. The van der Waals surface area contributed by atoms with E-state index >= 15 is 0 Å². The van der Waals surface area contributed by atoms with Crippen LogP contribution < -0.4 is 5.56 Å². The number of thioether (sulfide) groups is 1. The van der Waals surface area contributed by atoms with Crippen LogP contribution in [0.1, 0.15) is 10.4 Å². The van der Waals surface area contributed by atoms with Crippen LogP contribution in [0.4, 0.5) is 0 Å². The van der Waals surface area contributed by atoms with Crippen molar-refractivity contribution in [2.45, 2.75) is 11.7 Å². The van der Waals surface area contributed by atoms with Crippen molar-refractivity contribution in [3.05, 3.63) is 58.2 Å². The number of Topliss-reactive ketones (excluding diaryl/α,β-unsaturated/α-hetero) is 1. The second-order valence-electron chi connectivity index (χ2n) is 5.15. The Kier molecular flexibility index (Phi) is 4.91. The molecule has 0 amide bonds. The van der Waals surface area contributed by atoms with Crippen molar-refractivity contribution in [2.75, 3.05) is 5.75 Å². The molecule has 0 atom stereocenters. The maximum atomic E-state index is 12.5. The number of allylic oxidation sites excluding steroid dienone is 1. The fraction of sp³-hybridized carbons (Fsp3) is 0.118. The zero-order valence-corrected chi connectivity index (χ0v) is 14.6. The number of carbonyl (C=O) groups is 1. The van der Waals surface area contributed by atoms with E-state index < -0.39 is 0 Å². The van der Waals surface area contributed by atoms with E-state index in [2.05, 4.69) is 11.6 Å². The largest absolute Gasteiger partial charge is 0.504 e. The Labute approximate surface area is 151 Å². The molecule has 0 aliphatic heterocycles.